The molecule has 2 aromatic rings. The van der Waals surface area contributed by atoms with Crippen LogP contribution in [0.4, 0.5) is 5.69 Å². The average Bonchev–Trinajstić information content (AvgIpc) is 2.84. The maximum atomic E-state index is 12.3. The van der Waals surface area contributed by atoms with Gasteiger partial charge in [0.25, 0.3) is 10.0 Å². The van der Waals surface area contributed by atoms with Crippen LogP contribution in [0.15, 0.2) is 44.4 Å². The van der Waals surface area contributed by atoms with Crippen molar-refractivity contribution >= 4 is 48.9 Å². The first-order valence-electron chi connectivity index (χ1n) is 5.59. The molecule has 21 heavy (non-hydrogen) atoms. The van der Waals surface area contributed by atoms with Crippen molar-refractivity contribution in [2.24, 2.45) is 0 Å². The van der Waals surface area contributed by atoms with E-state index in [1.807, 2.05) is 0 Å². The van der Waals surface area contributed by atoms with Gasteiger partial charge in [-0.2, -0.15) is 0 Å². The summed E-state index contributed by atoms with van der Waals surface area (Å²) in [5, 5.41) is 10.3. The van der Waals surface area contributed by atoms with E-state index in [0.717, 1.165) is 11.3 Å². The molecule has 0 bridgehead atoms. The van der Waals surface area contributed by atoms with Gasteiger partial charge in [0.2, 0.25) is 0 Å². The number of anilines is 1. The summed E-state index contributed by atoms with van der Waals surface area (Å²) >= 11 is 4.23. The maximum absolute atomic E-state index is 12.3. The summed E-state index contributed by atoms with van der Waals surface area (Å²) < 4.78 is 32.6. The molecule has 0 fully saturated rings. The van der Waals surface area contributed by atoms with Gasteiger partial charge in [0, 0.05) is 4.47 Å². The maximum Gasteiger partial charge on any atom is 0.341 e. The largest absolute Gasteiger partial charge is 0.480 e. The minimum absolute atomic E-state index is 0.135. The van der Waals surface area contributed by atoms with Crippen LogP contribution in [0.3, 0.4) is 0 Å². The van der Waals surface area contributed by atoms with Crippen molar-refractivity contribution in [3.05, 3.63) is 40.2 Å². The van der Waals surface area contributed by atoms with E-state index in [4.69, 9.17) is 9.84 Å². The second-order valence-corrected chi connectivity index (χ2v) is 7.49. The van der Waals surface area contributed by atoms with E-state index < -0.39 is 22.6 Å². The minimum atomic E-state index is -3.77. The molecule has 0 spiro atoms. The van der Waals surface area contributed by atoms with Crippen LogP contribution in [-0.2, 0) is 14.8 Å². The molecule has 2 rings (SSSR count). The molecule has 1 aromatic carbocycles. The Bertz CT molecular complexity index is 757. The van der Waals surface area contributed by atoms with E-state index in [0.29, 0.717) is 4.47 Å². The number of hydrogen-bond donors (Lipinski definition) is 2. The molecule has 1 heterocycles. The lowest BCUT2D eigenvalue weighted by Gasteiger charge is -2.12. The van der Waals surface area contributed by atoms with Crippen LogP contribution in [0.25, 0.3) is 0 Å². The Morgan fingerprint density at radius 1 is 1.33 bits per heavy atom. The van der Waals surface area contributed by atoms with E-state index in [1.54, 1.807) is 23.6 Å². The van der Waals surface area contributed by atoms with Gasteiger partial charge in [-0.05, 0) is 39.5 Å². The van der Waals surface area contributed by atoms with E-state index >= 15 is 0 Å². The number of para-hydroxylation sites is 2. The van der Waals surface area contributed by atoms with Crippen molar-refractivity contribution in [1.29, 1.82) is 0 Å². The molecule has 0 saturated heterocycles. The third-order valence-corrected chi connectivity index (χ3v) is 6.35. The van der Waals surface area contributed by atoms with Gasteiger partial charge in [0.05, 0.1) is 5.69 Å². The lowest BCUT2D eigenvalue weighted by Crippen LogP contribution is -2.15. The van der Waals surface area contributed by atoms with Crippen LogP contribution in [0.1, 0.15) is 0 Å². The van der Waals surface area contributed by atoms with Crippen molar-refractivity contribution < 1.29 is 23.1 Å². The number of carboxylic acid groups (broad SMARTS) is 1. The van der Waals surface area contributed by atoms with Crippen LogP contribution >= 0.6 is 27.3 Å². The second kappa shape index (κ2) is 6.46. The van der Waals surface area contributed by atoms with E-state index in [-0.39, 0.29) is 15.6 Å². The highest BCUT2D eigenvalue weighted by Crippen LogP contribution is 2.32. The SMILES string of the molecule is O=C(O)COc1ccccc1NS(=O)(=O)c1sccc1Br. The second-order valence-electron chi connectivity index (χ2n) is 3.84. The number of aliphatic carboxylic acids is 1. The highest BCUT2D eigenvalue weighted by Gasteiger charge is 2.21. The molecular formula is C12H10BrNO5S2. The smallest absolute Gasteiger partial charge is 0.341 e. The number of thiophene rings is 1. The van der Waals surface area contributed by atoms with Gasteiger partial charge in [-0.1, -0.05) is 12.1 Å². The number of nitrogens with one attached hydrogen (secondary N) is 1. The van der Waals surface area contributed by atoms with Crippen molar-refractivity contribution in [1.82, 2.24) is 0 Å². The molecule has 112 valence electrons. The van der Waals surface area contributed by atoms with Crippen molar-refractivity contribution in [3.63, 3.8) is 0 Å². The van der Waals surface area contributed by atoms with Crippen molar-refractivity contribution in [2.75, 3.05) is 11.3 Å². The number of benzene rings is 1. The first-order chi connectivity index (χ1) is 9.90. The molecular weight excluding hydrogens is 382 g/mol. The van der Waals surface area contributed by atoms with Crippen molar-refractivity contribution in [2.45, 2.75) is 4.21 Å². The number of carboxylic acids is 1. The molecule has 0 radical (unpaired) electrons. The summed E-state index contributed by atoms with van der Waals surface area (Å²) in [6.07, 6.45) is 0. The Kier molecular flexibility index (Phi) is 4.86. The number of sulfonamides is 1. The quantitative estimate of drug-likeness (QED) is 0.789. The lowest BCUT2D eigenvalue weighted by molar-refractivity contribution is -0.139. The lowest BCUT2D eigenvalue weighted by atomic mass is 10.3. The van der Waals surface area contributed by atoms with Gasteiger partial charge >= 0.3 is 5.97 Å². The summed E-state index contributed by atoms with van der Waals surface area (Å²) in [5.74, 6) is -0.996. The van der Waals surface area contributed by atoms with E-state index in [1.165, 1.54) is 12.1 Å². The molecule has 0 aliphatic rings. The van der Waals surface area contributed by atoms with Crippen LogP contribution in [0.2, 0.25) is 0 Å². The number of ether oxygens (including phenoxy) is 1. The number of hydrogen-bond acceptors (Lipinski definition) is 5. The van der Waals surface area contributed by atoms with Crippen molar-refractivity contribution in [3.8, 4) is 5.75 Å². The molecule has 0 saturated carbocycles. The van der Waals surface area contributed by atoms with Crippen LogP contribution < -0.4 is 9.46 Å². The van der Waals surface area contributed by atoms with E-state index in [9.17, 15) is 13.2 Å². The fourth-order valence-corrected chi connectivity index (χ4v) is 4.89. The summed E-state index contributed by atoms with van der Waals surface area (Å²) in [4.78, 5) is 10.5. The summed E-state index contributed by atoms with van der Waals surface area (Å²) in [5.41, 5.74) is 0.180. The zero-order valence-corrected chi connectivity index (χ0v) is 13.7. The molecule has 0 amide bonds. The highest BCUT2D eigenvalue weighted by atomic mass is 79.9. The van der Waals surface area contributed by atoms with Gasteiger partial charge in [0.15, 0.2) is 10.8 Å². The van der Waals surface area contributed by atoms with Crippen LogP contribution in [0, 0.1) is 0 Å². The molecule has 9 heteroatoms. The highest BCUT2D eigenvalue weighted by molar-refractivity contribution is 9.10. The van der Waals surface area contributed by atoms with Gasteiger partial charge in [-0.25, -0.2) is 13.2 Å². The Labute approximate surface area is 133 Å². The fraction of sp³-hybridized carbons (Fsp3) is 0.0833. The Hall–Kier alpha value is -1.58. The minimum Gasteiger partial charge on any atom is -0.480 e. The zero-order valence-electron chi connectivity index (χ0n) is 10.4. The third kappa shape index (κ3) is 3.96. The standard InChI is InChI=1S/C12H10BrNO5S2/c13-8-5-6-20-12(8)21(17,18)14-9-3-1-2-4-10(9)19-7-11(15)16/h1-6,14H,7H2,(H,15,16). The van der Waals surface area contributed by atoms with Gasteiger partial charge in [-0.3, -0.25) is 4.72 Å². The molecule has 1 aromatic heterocycles. The Morgan fingerprint density at radius 2 is 2.05 bits per heavy atom. The Balaban J connectivity index is 2.27. The average molecular weight is 392 g/mol. The summed E-state index contributed by atoms with van der Waals surface area (Å²) in [7, 11) is -3.77. The summed E-state index contributed by atoms with van der Waals surface area (Å²) in [6, 6.07) is 7.86. The molecule has 6 nitrogen and oxygen atoms in total. The molecule has 2 N–H and O–H groups in total. The monoisotopic (exact) mass is 391 g/mol. The molecule has 0 aliphatic heterocycles. The number of halogens is 1. The molecule has 0 aliphatic carbocycles. The molecule has 0 unspecified atom stereocenters. The summed E-state index contributed by atoms with van der Waals surface area (Å²) in [6.45, 7) is -0.554. The molecule has 0 atom stereocenters. The predicted molar refractivity (Wildman–Crippen MR) is 82.4 cm³/mol. The number of carbonyl (C=O) groups is 1. The third-order valence-electron chi connectivity index (χ3n) is 2.31. The predicted octanol–water partition coefficient (Wildman–Crippen LogP) is 2.77. The van der Waals surface area contributed by atoms with Crippen LogP contribution in [-0.4, -0.2) is 26.1 Å². The van der Waals surface area contributed by atoms with Gasteiger partial charge in [-0.15, -0.1) is 11.3 Å². The van der Waals surface area contributed by atoms with E-state index in [2.05, 4.69) is 20.7 Å². The zero-order chi connectivity index (χ0) is 15.5. The topological polar surface area (TPSA) is 92.7 Å². The van der Waals surface area contributed by atoms with Crippen LogP contribution in [0.5, 0.6) is 5.75 Å². The number of rotatable bonds is 6. The van der Waals surface area contributed by atoms with Gasteiger partial charge in [0.1, 0.15) is 5.75 Å². The van der Waals surface area contributed by atoms with Gasteiger partial charge < -0.3 is 9.84 Å². The first kappa shape index (κ1) is 15.8. The normalized spacial score (nSPS) is 11.1. The fourth-order valence-electron chi connectivity index (χ4n) is 1.48. The Morgan fingerprint density at radius 3 is 2.67 bits per heavy atom. The first-order valence-corrected chi connectivity index (χ1v) is 8.75.